The number of benzene rings is 1. The molecule has 0 atom stereocenters. The van der Waals surface area contributed by atoms with E-state index in [1.807, 2.05) is 20.8 Å². The molecule has 0 saturated heterocycles. The van der Waals surface area contributed by atoms with Gasteiger partial charge in [-0.1, -0.05) is 13.8 Å². The van der Waals surface area contributed by atoms with Gasteiger partial charge in [0.1, 0.15) is 0 Å². The fourth-order valence-corrected chi connectivity index (χ4v) is 1.45. The first-order chi connectivity index (χ1) is 7.54. The predicted octanol–water partition coefficient (Wildman–Crippen LogP) is 3.02. The second kappa shape index (κ2) is 5.54. The Labute approximate surface area is 96.1 Å². The van der Waals surface area contributed by atoms with Crippen LogP contribution in [0, 0.1) is 5.92 Å². The number of phenols is 1. The number of ketones is 1. The zero-order chi connectivity index (χ0) is 12.1. The van der Waals surface area contributed by atoms with E-state index in [2.05, 4.69) is 0 Å². The van der Waals surface area contributed by atoms with Crippen molar-refractivity contribution in [3.63, 3.8) is 0 Å². The Morgan fingerprint density at radius 2 is 2.12 bits per heavy atom. The molecule has 0 radical (unpaired) electrons. The molecule has 0 amide bonds. The fraction of sp³-hybridized carbons (Fsp3) is 0.462. The van der Waals surface area contributed by atoms with Crippen molar-refractivity contribution in [1.29, 1.82) is 0 Å². The highest BCUT2D eigenvalue weighted by Gasteiger charge is 2.11. The molecule has 0 fully saturated rings. The van der Waals surface area contributed by atoms with Crippen LogP contribution in [0.25, 0.3) is 0 Å². The molecule has 1 N–H and O–H groups in total. The second-order valence-corrected chi connectivity index (χ2v) is 4.14. The smallest absolute Gasteiger partial charge is 0.163 e. The van der Waals surface area contributed by atoms with Gasteiger partial charge in [0.05, 0.1) is 6.61 Å². The average molecular weight is 222 g/mol. The van der Waals surface area contributed by atoms with Crippen LogP contribution in [-0.2, 0) is 0 Å². The van der Waals surface area contributed by atoms with Gasteiger partial charge in [-0.25, -0.2) is 0 Å². The van der Waals surface area contributed by atoms with E-state index in [9.17, 15) is 9.90 Å². The molecule has 0 spiro atoms. The highest BCUT2D eigenvalue weighted by atomic mass is 16.5. The average Bonchev–Trinajstić information content (AvgIpc) is 2.20. The lowest BCUT2D eigenvalue weighted by Crippen LogP contribution is -2.04. The number of aromatic hydroxyl groups is 1. The van der Waals surface area contributed by atoms with Crippen molar-refractivity contribution >= 4 is 5.78 Å². The summed E-state index contributed by atoms with van der Waals surface area (Å²) < 4.78 is 5.23. The van der Waals surface area contributed by atoms with Crippen molar-refractivity contribution in [2.75, 3.05) is 6.61 Å². The Morgan fingerprint density at radius 3 is 2.69 bits per heavy atom. The summed E-state index contributed by atoms with van der Waals surface area (Å²) in [6.45, 7) is 6.31. The lowest BCUT2D eigenvalue weighted by molar-refractivity contribution is 0.0967. The molecule has 0 heterocycles. The zero-order valence-electron chi connectivity index (χ0n) is 9.99. The largest absolute Gasteiger partial charge is 0.504 e. The SMILES string of the molecule is CCOc1cc(C(=O)CC(C)C)ccc1O. The summed E-state index contributed by atoms with van der Waals surface area (Å²) in [6, 6.07) is 4.73. The molecule has 0 aromatic heterocycles. The van der Waals surface area contributed by atoms with Gasteiger partial charge in [-0.2, -0.15) is 0 Å². The van der Waals surface area contributed by atoms with E-state index >= 15 is 0 Å². The first kappa shape index (κ1) is 12.6. The maximum atomic E-state index is 11.8. The molecule has 1 rings (SSSR count). The van der Waals surface area contributed by atoms with Gasteiger partial charge in [0.25, 0.3) is 0 Å². The molecule has 3 nitrogen and oxygen atoms in total. The van der Waals surface area contributed by atoms with Gasteiger partial charge in [-0.3, -0.25) is 4.79 Å². The van der Waals surface area contributed by atoms with Crippen LogP contribution in [0.3, 0.4) is 0 Å². The number of Topliss-reactive ketones (excluding diaryl/α,β-unsaturated/α-hetero) is 1. The van der Waals surface area contributed by atoms with Gasteiger partial charge in [0.2, 0.25) is 0 Å². The van der Waals surface area contributed by atoms with Crippen LogP contribution < -0.4 is 4.74 Å². The molecule has 0 saturated carbocycles. The first-order valence-electron chi connectivity index (χ1n) is 5.53. The molecular formula is C13H18O3. The number of hydrogen-bond donors (Lipinski definition) is 1. The lowest BCUT2D eigenvalue weighted by Gasteiger charge is -2.08. The number of carbonyl (C=O) groups is 1. The number of carbonyl (C=O) groups excluding carboxylic acids is 1. The van der Waals surface area contributed by atoms with Crippen molar-refractivity contribution in [3.8, 4) is 11.5 Å². The maximum Gasteiger partial charge on any atom is 0.163 e. The van der Waals surface area contributed by atoms with E-state index < -0.39 is 0 Å². The van der Waals surface area contributed by atoms with E-state index in [1.54, 1.807) is 12.1 Å². The van der Waals surface area contributed by atoms with E-state index in [-0.39, 0.29) is 11.5 Å². The first-order valence-corrected chi connectivity index (χ1v) is 5.53. The normalized spacial score (nSPS) is 10.5. The molecular weight excluding hydrogens is 204 g/mol. The quantitative estimate of drug-likeness (QED) is 0.779. The molecule has 1 aromatic rings. The molecule has 1 aromatic carbocycles. The summed E-state index contributed by atoms with van der Waals surface area (Å²) in [7, 11) is 0. The van der Waals surface area contributed by atoms with Crippen LogP contribution in [0.1, 0.15) is 37.6 Å². The summed E-state index contributed by atoms with van der Waals surface area (Å²) >= 11 is 0. The highest BCUT2D eigenvalue weighted by molar-refractivity contribution is 5.96. The monoisotopic (exact) mass is 222 g/mol. The third kappa shape index (κ3) is 3.26. The summed E-state index contributed by atoms with van der Waals surface area (Å²) in [5.74, 6) is 0.854. The molecule has 0 aliphatic carbocycles. The molecule has 0 bridgehead atoms. The van der Waals surface area contributed by atoms with Crippen molar-refractivity contribution < 1.29 is 14.6 Å². The van der Waals surface area contributed by atoms with Crippen LogP contribution in [0.5, 0.6) is 11.5 Å². The van der Waals surface area contributed by atoms with Crippen LogP contribution in [0.4, 0.5) is 0 Å². The number of rotatable bonds is 5. The van der Waals surface area contributed by atoms with E-state index in [4.69, 9.17) is 4.74 Å². The number of phenolic OH excluding ortho intramolecular Hbond substituents is 1. The minimum absolute atomic E-state index is 0.0722. The van der Waals surface area contributed by atoms with Gasteiger partial charge in [-0.15, -0.1) is 0 Å². The number of ether oxygens (including phenoxy) is 1. The third-order valence-corrected chi connectivity index (χ3v) is 2.18. The van der Waals surface area contributed by atoms with Gasteiger partial charge >= 0.3 is 0 Å². The van der Waals surface area contributed by atoms with Crippen molar-refractivity contribution in [2.45, 2.75) is 27.2 Å². The lowest BCUT2D eigenvalue weighted by atomic mass is 10.0. The summed E-state index contributed by atoms with van der Waals surface area (Å²) in [5, 5.41) is 9.49. The summed E-state index contributed by atoms with van der Waals surface area (Å²) in [5.41, 5.74) is 0.593. The van der Waals surface area contributed by atoms with Gasteiger partial charge in [0, 0.05) is 12.0 Å². The minimum Gasteiger partial charge on any atom is -0.504 e. The van der Waals surface area contributed by atoms with Crippen LogP contribution >= 0.6 is 0 Å². The van der Waals surface area contributed by atoms with Crippen LogP contribution in [-0.4, -0.2) is 17.5 Å². The molecule has 88 valence electrons. The van der Waals surface area contributed by atoms with Gasteiger partial charge < -0.3 is 9.84 Å². The second-order valence-electron chi connectivity index (χ2n) is 4.14. The molecule has 0 aliphatic rings. The highest BCUT2D eigenvalue weighted by Crippen LogP contribution is 2.27. The Morgan fingerprint density at radius 1 is 1.44 bits per heavy atom. The van der Waals surface area contributed by atoms with Gasteiger partial charge in [0.15, 0.2) is 17.3 Å². The Kier molecular flexibility index (Phi) is 4.35. The Balaban J connectivity index is 2.89. The Hall–Kier alpha value is -1.51. The van der Waals surface area contributed by atoms with E-state index in [0.717, 1.165) is 0 Å². The van der Waals surface area contributed by atoms with Crippen molar-refractivity contribution in [3.05, 3.63) is 23.8 Å². The summed E-state index contributed by atoms with van der Waals surface area (Å²) in [4.78, 5) is 11.8. The molecule has 0 unspecified atom stereocenters. The van der Waals surface area contributed by atoms with Gasteiger partial charge in [-0.05, 0) is 31.0 Å². The van der Waals surface area contributed by atoms with E-state index in [0.29, 0.717) is 30.3 Å². The standard InChI is InChI=1S/C13H18O3/c1-4-16-13-8-10(5-6-11(13)14)12(15)7-9(2)3/h5-6,8-9,14H,4,7H2,1-3H3. The Bertz CT molecular complexity index is 369. The fourth-order valence-electron chi connectivity index (χ4n) is 1.45. The summed E-state index contributed by atoms with van der Waals surface area (Å²) in [6.07, 6.45) is 0.510. The van der Waals surface area contributed by atoms with Crippen molar-refractivity contribution in [1.82, 2.24) is 0 Å². The minimum atomic E-state index is 0.0722. The van der Waals surface area contributed by atoms with Crippen LogP contribution in [0.15, 0.2) is 18.2 Å². The predicted molar refractivity (Wildman–Crippen MR) is 63.1 cm³/mol. The third-order valence-electron chi connectivity index (χ3n) is 2.18. The van der Waals surface area contributed by atoms with Crippen LogP contribution in [0.2, 0.25) is 0 Å². The molecule has 16 heavy (non-hydrogen) atoms. The topological polar surface area (TPSA) is 46.5 Å². The molecule has 0 aliphatic heterocycles. The molecule has 3 heteroatoms. The zero-order valence-corrected chi connectivity index (χ0v) is 9.99. The maximum absolute atomic E-state index is 11.8. The van der Waals surface area contributed by atoms with Crippen molar-refractivity contribution in [2.24, 2.45) is 5.92 Å². The number of hydrogen-bond acceptors (Lipinski definition) is 3. The van der Waals surface area contributed by atoms with E-state index in [1.165, 1.54) is 6.07 Å².